The van der Waals surface area contributed by atoms with Crippen LogP contribution in [0.1, 0.15) is 33.6 Å². The summed E-state index contributed by atoms with van der Waals surface area (Å²) in [5.41, 5.74) is -0.719. The lowest BCUT2D eigenvalue weighted by molar-refractivity contribution is -0.147. The second kappa shape index (κ2) is 7.22. The number of carbonyl (C=O) groups is 2. The van der Waals surface area contributed by atoms with Crippen LogP contribution in [0.4, 0.5) is 0 Å². The Bertz CT molecular complexity index is 238. The van der Waals surface area contributed by atoms with E-state index in [2.05, 4.69) is 10.1 Å². The van der Waals surface area contributed by atoms with Crippen molar-refractivity contribution in [2.24, 2.45) is 0 Å². The summed E-state index contributed by atoms with van der Waals surface area (Å²) in [7, 11) is 1.35. The molecule has 0 saturated heterocycles. The first-order valence-corrected chi connectivity index (χ1v) is 5.43. The summed E-state index contributed by atoms with van der Waals surface area (Å²) in [4.78, 5) is 22.3. The van der Waals surface area contributed by atoms with Crippen molar-refractivity contribution in [3.05, 3.63) is 0 Å². The highest BCUT2D eigenvalue weighted by atomic mass is 16.5. The molecule has 0 aromatic rings. The first-order valence-electron chi connectivity index (χ1n) is 5.43. The zero-order valence-electron chi connectivity index (χ0n) is 10.5. The molecule has 1 N–H and O–H groups in total. The van der Waals surface area contributed by atoms with Gasteiger partial charge in [-0.2, -0.15) is 0 Å². The van der Waals surface area contributed by atoms with Crippen molar-refractivity contribution in [2.75, 3.05) is 20.3 Å². The number of rotatable bonds is 7. The van der Waals surface area contributed by atoms with Crippen molar-refractivity contribution < 1.29 is 19.1 Å². The summed E-state index contributed by atoms with van der Waals surface area (Å²) in [6.07, 6.45) is 0.997. The molecule has 0 aliphatic rings. The van der Waals surface area contributed by atoms with E-state index in [0.717, 1.165) is 0 Å². The van der Waals surface area contributed by atoms with Gasteiger partial charge in [-0.15, -0.1) is 0 Å². The lowest BCUT2D eigenvalue weighted by Gasteiger charge is -2.22. The van der Waals surface area contributed by atoms with Crippen LogP contribution in [0.25, 0.3) is 0 Å². The van der Waals surface area contributed by atoms with Crippen LogP contribution in [0.5, 0.6) is 0 Å². The van der Waals surface area contributed by atoms with Crippen molar-refractivity contribution >= 4 is 11.9 Å². The highest BCUT2D eigenvalue weighted by Crippen LogP contribution is 2.04. The molecule has 0 rings (SSSR count). The third-order valence-corrected chi connectivity index (χ3v) is 2.13. The minimum Gasteiger partial charge on any atom is -0.468 e. The van der Waals surface area contributed by atoms with E-state index in [-0.39, 0.29) is 11.9 Å². The van der Waals surface area contributed by atoms with Gasteiger partial charge in [-0.1, -0.05) is 0 Å². The van der Waals surface area contributed by atoms with Crippen molar-refractivity contribution in [2.45, 2.75) is 39.2 Å². The van der Waals surface area contributed by atoms with E-state index in [0.29, 0.717) is 26.0 Å². The van der Waals surface area contributed by atoms with Crippen molar-refractivity contribution in [1.29, 1.82) is 0 Å². The Morgan fingerprint density at radius 1 is 1.31 bits per heavy atom. The molecule has 16 heavy (non-hydrogen) atoms. The summed E-state index contributed by atoms with van der Waals surface area (Å²) < 4.78 is 9.42. The van der Waals surface area contributed by atoms with Crippen molar-refractivity contribution in [3.8, 4) is 0 Å². The van der Waals surface area contributed by atoms with Crippen LogP contribution < -0.4 is 5.32 Å². The van der Waals surface area contributed by atoms with Crippen LogP contribution in [-0.2, 0) is 19.1 Å². The molecule has 5 heteroatoms. The van der Waals surface area contributed by atoms with E-state index in [1.807, 2.05) is 0 Å². The average Bonchev–Trinajstić information content (AvgIpc) is 2.23. The average molecular weight is 231 g/mol. The predicted octanol–water partition coefficient (Wildman–Crippen LogP) is 0.871. The number of hydrogen-bond donors (Lipinski definition) is 1. The lowest BCUT2D eigenvalue weighted by Crippen LogP contribution is -2.47. The predicted molar refractivity (Wildman–Crippen MR) is 60.0 cm³/mol. The Hall–Kier alpha value is -1.10. The second-order valence-electron chi connectivity index (χ2n) is 3.95. The topological polar surface area (TPSA) is 64.6 Å². The number of nitrogens with one attached hydrogen (secondary N) is 1. The van der Waals surface area contributed by atoms with Crippen LogP contribution in [-0.4, -0.2) is 37.7 Å². The molecule has 0 heterocycles. The van der Waals surface area contributed by atoms with Crippen LogP contribution in [0.15, 0.2) is 0 Å². The normalized spacial score (nSPS) is 11.0. The first kappa shape index (κ1) is 14.9. The Kier molecular flexibility index (Phi) is 6.72. The highest BCUT2D eigenvalue weighted by Gasteiger charge is 2.27. The molecule has 0 unspecified atom stereocenters. The lowest BCUT2D eigenvalue weighted by atomic mass is 10.1. The number of hydrogen-bond acceptors (Lipinski definition) is 5. The Morgan fingerprint density at radius 3 is 2.44 bits per heavy atom. The molecule has 0 bridgehead atoms. The molecule has 0 radical (unpaired) electrons. The van der Waals surface area contributed by atoms with Gasteiger partial charge >= 0.3 is 11.9 Å². The Balaban J connectivity index is 3.73. The molecular weight excluding hydrogens is 210 g/mol. The second-order valence-corrected chi connectivity index (χ2v) is 3.95. The quantitative estimate of drug-likeness (QED) is 0.520. The van der Waals surface area contributed by atoms with Gasteiger partial charge in [-0.25, -0.2) is 0 Å². The molecule has 0 saturated carbocycles. The van der Waals surface area contributed by atoms with Gasteiger partial charge in [0.2, 0.25) is 0 Å². The maximum atomic E-state index is 11.3. The molecule has 0 amide bonds. The van der Waals surface area contributed by atoms with E-state index in [1.54, 1.807) is 20.8 Å². The standard InChI is InChI=1S/C11H21NO4/c1-5-16-9(13)7-6-8-12-11(2,3)10(14)15-4/h12H,5-8H2,1-4H3. The summed E-state index contributed by atoms with van der Waals surface area (Å²) in [6.45, 7) is 6.23. The third kappa shape index (κ3) is 5.70. The zero-order chi connectivity index (χ0) is 12.6. The summed E-state index contributed by atoms with van der Waals surface area (Å²) in [5.74, 6) is -0.524. The van der Waals surface area contributed by atoms with Gasteiger partial charge in [0.15, 0.2) is 0 Å². The molecular formula is C11H21NO4. The fourth-order valence-corrected chi connectivity index (χ4v) is 1.19. The molecule has 94 valence electrons. The molecule has 0 spiro atoms. The minimum absolute atomic E-state index is 0.208. The molecule has 5 nitrogen and oxygen atoms in total. The van der Waals surface area contributed by atoms with Gasteiger partial charge < -0.3 is 14.8 Å². The van der Waals surface area contributed by atoms with Crippen molar-refractivity contribution in [1.82, 2.24) is 5.32 Å². The molecule has 0 atom stereocenters. The van der Waals surface area contributed by atoms with Crippen LogP contribution >= 0.6 is 0 Å². The number of carbonyl (C=O) groups excluding carboxylic acids is 2. The molecule has 0 aromatic carbocycles. The number of methoxy groups -OCH3 is 1. The van der Waals surface area contributed by atoms with Crippen LogP contribution in [0.3, 0.4) is 0 Å². The third-order valence-electron chi connectivity index (χ3n) is 2.13. The number of ether oxygens (including phenoxy) is 2. The Labute approximate surface area is 96.5 Å². The largest absolute Gasteiger partial charge is 0.468 e. The smallest absolute Gasteiger partial charge is 0.325 e. The van der Waals surface area contributed by atoms with Crippen molar-refractivity contribution in [3.63, 3.8) is 0 Å². The Morgan fingerprint density at radius 2 is 1.94 bits per heavy atom. The molecule has 0 aromatic heterocycles. The summed E-state index contributed by atoms with van der Waals surface area (Å²) in [5, 5.41) is 3.02. The van der Waals surface area contributed by atoms with E-state index < -0.39 is 5.54 Å². The van der Waals surface area contributed by atoms with E-state index in [9.17, 15) is 9.59 Å². The zero-order valence-corrected chi connectivity index (χ0v) is 10.5. The van der Waals surface area contributed by atoms with Crippen LogP contribution in [0, 0.1) is 0 Å². The van der Waals surface area contributed by atoms with E-state index in [4.69, 9.17) is 4.74 Å². The minimum atomic E-state index is -0.719. The molecule has 0 aliphatic heterocycles. The van der Waals surface area contributed by atoms with Gasteiger partial charge in [-0.3, -0.25) is 9.59 Å². The van der Waals surface area contributed by atoms with E-state index >= 15 is 0 Å². The molecule has 0 fully saturated rings. The van der Waals surface area contributed by atoms with Gasteiger partial charge in [0.1, 0.15) is 5.54 Å². The molecule has 0 aliphatic carbocycles. The maximum Gasteiger partial charge on any atom is 0.325 e. The van der Waals surface area contributed by atoms with E-state index in [1.165, 1.54) is 7.11 Å². The van der Waals surface area contributed by atoms with Gasteiger partial charge in [0.05, 0.1) is 13.7 Å². The number of esters is 2. The fourth-order valence-electron chi connectivity index (χ4n) is 1.19. The highest BCUT2D eigenvalue weighted by molar-refractivity contribution is 5.79. The van der Waals surface area contributed by atoms with Gasteiger partial charge in [-0.05, 0) is 33.7 Å². The monoisotopic (exact) mass is 231 g/mol. The maximum absolute atomic E-state index is 11.3. The summed E-state index contributed by atoms with van der Waals surface area (Å²) >= 11 is 0. The van der Waals surface area contributed by atoms with Gasteiger partial charge in [0.25, 0.3) is 0 Å². The first-order chi connectivity index (χ1) is 7.44. The van der Waals surface area contributed by atoms with Crippen LogP contribution in [0.2, 0.25) is 0 Å². The summed E-state index contributed by atoms with van der Waals surface area (Å²) in [6, 6.07) is 0. The fraction of sp³-hybridized carbons (Fsp3) is 0.818. The van der Waals surface area contributed by atoms with Gasteiger partial charge in [0, 0.05) is 6.42 Å². The SMILES string of the molecule is CCOC(=O)CCCNC(C)(C)C(=O)OC.